The summed E-state index contributed by atoms with van der Waals surface area (Å²) in [5, 5.41) is 0. The molecule has 1 aliphatic heterocycles. The van der Waals surface area contributed by atoms with E-state index in [9.17, 15) is 4.79 Å². The van der Waals surface area contributed by atoms with Crippen LogP contribution in [0.25, 0.3) is 0 Å². The zero-order chi connectivity index (χ0) is 15.3. The highest BCUT2D eigenvalue weighted by molar-refractivity contribution is 6.07. The van der Waals surface area contributed by atoms with Crippen LogP contribution in [0.5, 0.6) is 11.5 Å². The van der Waals surface area contributed by atoms with Crippen LogP contribution < -0.4 is 9.47 Å². The SMILES string of the molecule is CCOC1(C(=O)c2c(OC)cccc2OC)CCOCC1. The van der Waals surface area contributed by atoms with Gasteiger partial charge in [0, 0.05) is 32.7 Å². The van der Waals surface area contributed by atoms with Crippen molar-refractivity contribution in [1.82, 2.24) is 0 Å². The number of methoxy groups -OCH3 is 2. The van der Waals surface area contributed by atoms with Crippen LogP contribution in [0.1, 0.15) is 30.1 Å². The summed E-state index contributed by atoms with van der Waals surface area (Å²) in [6.07, 6.45) is 1.09. The first-order valence-corrected chi connectivity index (χ1v) is 7.16. The first-order valence-electron chi connectivity index (χ1n) is 7.16. The van der Waals surface area contributed by atoms with Crippen molar-refractivity contribution in [1.29, 1.82) is 0 Å². The predicted octanol–water partition coefficient (Wildman–Crippen LogP) is 2.47. The molecule has 0 aromatic heterocycles. The van der Waals surface area contributed by atoms with Crippen LogP contribution in [-0.4, -0.2) is 45.4 Å². The molecule has 0 radical (unpaired) electrons. The van der Waals surface area contributed by atoms with Crippen LogP contribution in [0.15, 0.2) is 18.2 Å². The second-order valence-corrected chi connectivity index (χ2v) is 4.91. The Balaban J connectivity index is 2.45. The number of ketones is 1. The van der Waals surface area contributed by atoms with Crippen LogP contribution in [-0.2, 0) is 9.47 Å². The van der Waals surface area contributed by atoms with Gasteiger partial charge in [-0.3, -0.25) is 4.79 Å². The fourth-order valence-corrected chi connectivity index (χ4v) is 2.72. The molecule has 1 saturated heterocycles. The third-order valence-corrected chi connectivity index (χ3v) is 3.79. The lowest BCUT2D eigenvalue weighted by molar-refractivity contribution is -0.0823. The standard InChI is InChI=1S/C16H22O5/c1-4-21-16(8-10-20-11-9-16)15(17)14-12(18-2)6-5-7-13(14)19-3/h5-7H,4,8-11H2,1-3H3. The summed E-state index contributed by atoms with van der Waals surface area (Å²) in [6, 6.07) is 5.31. The molecule has 0 aliphatic carbocycles. The van der Waals surface area contributed by atoms with Gasteiger partial charge in [0.05, 0.1) is 14.2 Å². The number of hydrogen-bond donors (Lipinski definition) is 0. The van der Waals surface area contributed by atoms with Crippen molar-refractivity contribution in [2.24, 2.45) is 0 Å². The van der Waals surface area contributed by atoms with Crippen LogP contribution in [0.4, 0.5) is 0 Å². The fourth-order valence-electron chi connectivity index (χ4n) is 2.72. The van der Waals surface area contributed by atoms with E-state index in [-0.39, 0.29) is 5.78 Å². The number of ether oxygens (including phenoxy) is 4. The van der Waals surface area contributed by atoms with Gasteiger partial charge in [-0.15, -0.1) is 0 Å². The lowest BCUT2D eigenvalue weighted by Crippen LogP contribution is -2.46. The van der Waals surface area contributed by atoms with Gasteiger partial charge in [0.2, 0.25) is 5.78 Å². The van der Waals surface area contributed by atoms with Gasteiger partial charge in [-0.2, -0.15) is 0 Å². The molecule has 1 aromatic rings. The van der Waals surface area contributed by atoms with E-state index in [2.05, 4.69) is 0 Å². The normalized spacial score (nSPS) is 17.3. The molecule has 21 heavy (non-hydrogen) atoms. The third-order valence-electron chi connectivity index (χ3n) is 3.79. The van der Waals surface area contributed by atoms with Gasteiger partial charge in [-0.05, 0) is 19.1 Å². The monoisotopic (exact) mass is 294 g/mol. The largest absolute Gasteiger partial charge is 0.496 e. The summed E-state index contributed by atoms with van der Waals surface area (Å²) in [5.74, 6) is 0.914. The Labute approximate surface area is 125 Å². The molecular weight excluding hydrogens is 272 g/mol. The Morgan fingerprint density at radius 3 is 2.24 bits per heavy atom. The molecular formula is C16H22O5. The molecule has 0 amide bonds. The molecule has 0 saturated carbocycles. The zero-order valence-corrected chi connectivity index (χ0v) is 12.8. The topological polar surface area (TPSA) is 54.0 Å². The minimum atomic E-state index is -0.852. The van der Waals surface area contributed by atoms with E-state index in [1.807, 2.05) is 6.92 Å². The molecule has 0 atom stereocenters. The van der Waals surface area contributed by atoms with Gasteiger partial charge in [-0.1, -0.05) is 6.07 Å². The number of hydrogen-bond acceptors (Lipinski definition) is 5. The highest BCUT2D eigenvalue weighted by atomic mass is 16.5. The Kier molecular flexibility index (Phi) is 5.20. The lowest BCUT2D eigenvalue weighted by atomic mass is 9.85. The quantitative estimate of drug-likeness (QED) is 0.754. The van der Waals surface area contributed by atoms with Crippen molar-refractivity contribution in [3.63, 3.8) is 0 Å². The summed E-state index contributed by atoms with van der Waals surface area (Å²) in [7, 11) is 3.09. The average Bonchev–Trinajstić information content (AvgIpc) is 2.54. The Morgan fingerprint density at radius 1 is 1.19 bits per heavy atom. The number of rotatable bonds is 6. The smallest absolute Gasteiger partial charge is 0.202 e. The maximum Gasteiger partial charge on any atom is 0.202 e. The Bertz CT molecular complexity index is 464. The zero-order valence-electron chi connectivity index (χ0n) is 12.8. The van der Waals surface area contributed by atoms with E-state index >= 15 is 0 Å². The highest BCUT2D eigenvalue weighted by Crippen LogP contribution is 2.37. The molecule has 0 unspecified atom stereocenters. The predicted molar refractivity (Wildman–Crippen MR) is 78.3 cm³/mol. The van der Waals surface area contributed by atoms with Crippen LogP contribution >= 0.6 is 0 Å². The van der Waals surface area contributed by atoms with Crippen molar-refractivity contribution in [2.75, 3.05) is 34.0 Å². The third kappa shape index (κ3) is 3.04. The van der Waals surface area contributed by atoms with Gasteiger partial charge < -0.3 is 18.9 Å². The fraction of sp³-hybridized carbons (Fsp3) is 0.562. The Morgan fingerprint density at radius 2 is 1.76 bits per heavy atom. The molecule has 116 valence electrons. The molecule has 5 nitrogen and oxygen atoms in total. The summed E-state index contributed by atoms with van der Waals surface area (Å²) in [6.45, 7) is 3.40. The summed E-state index contributed by atoms with van der Waals surface area (Å²) in [5.41, 5.74) is -0.410. The second kappa shape index (κ2) is 6.91. The molecule has 0 bridgehead atoms. The van der Waals surface area contributed by atoms with E-state index in [0.29, 0.717) is 49.7 Å². The van der Waals surface area contributed by atoms with Crippen molar-refractivity contribution >= 4 is 5.78 Å². The van der Waals surface area contributed by atoms with Gasteiger partial charge in [0.15, 0.2) is 0 Å². The maximum absolute atomic E-state index is 13.1. The van der Waals surface area contributed by atoms with Crippen molar-refractivity contribution < 1.29 is 23.7 Å². The highest BCUT2D eigenvalue weighted by Gasteiger charge is 2.43. The minimum absolute atomic E-state index is 0.0954. The molecule has 0 spiro atoms. The molecule has 1 aliphatic rings. The van der Waals surface area contributed by atoms with Gasteiger partial charge >= 0.3 is 0 Å². The molecule has 2 rings (SSSR count). The number of benzene rings is 1. The van der Waals surface area contributed by atoms with Crippen molar-refractivity contribution in [2.45, 2.75) is 25.4 Å². The number of carbonyl (C=O) groups is 1. The Hall–Kier alpha value is -1.59. The van der Waals surface area contributed by atoms with Crippen LogP contribution in [0, 0.1) is 0 Å². The van der Waals surface area contributed by atoms with E-state index in [1.165, 1.54) is 0 Å². The maximum atomic E-state index is 13.1. The summed E-state index contributed by atoms with van der Waals surface area (Å²) in [4.78, 5) is 13.1. The van der Waals surface area contributed by atoms with E-state index in [1.54, 1.807) is 32.4 Å². The number of Topliss-reactive ketones (excluding diaryl/α,β-unsaturated/α-hetero) is 1. The summed E-state index contributed by atoms with van der Waals surface area (Å²) >= 11 is 0. The minimum Gasteiger partial charge on any atom is -0.496 e. The van der Waals surface area contributed by atoms with E-state index < -0.39 is 5.60 Å². The molecule has 1 heterocycles. The van der Waals surface area contributed by atoms with Crippen LogP contribution in [0.2, 0.25) is 0 Å². The van der Waals surface area contributed by atoms with Crippen LogP contribution in [0.3, 0.4) is 0 Å². The first kappa shape index (κ1) is 15.8. The van der Waals surface area contributed by atoms with E-state index in [4.69, 9.17) is 18.9 Å². The summed E-state index contributed by atoms with van der Waals surface area (Å²) < 4.78 is 21.9. The molecule has 1 fully saturated rings. The molecule has 0 N–H and O–H groups in total. The average molecular weight is 294 g/mol. The van der Waals surface area contributed by atoms with Gasteiger partial charge in [0.1, 0.15) is 22.7 Å². The lowest BCUT2D eigenvalue weighted by Gasteiger charge is -2.36. The van der Waals surface area contributed by atoms with Crippen molar-refractivity contribution in [3.05, 3.63) is 23.8 Å². The molecule has 1 aromatic carbocycles. The van der Waals surface area contributed by atoms with E-state index in [0.717, 1.165) is 0 Å². The first-order chi connectivity index (χ1) is 10.2. The second-order valence-electron chi connectivity index (χ2n) is 4.91. The van der Waals surface area contributed by atoms with Gasteiger partial charge in [-0.25, -0.2) is 0 Å². The molecule has 5 heteroatoms. The number of carbonyl (C=O) groups excluding carboxylic acids is 1. The van der Waals surface area contributed by atoms with Gasteiger partial charge in [0.25, 0.3) is 0 Å². The van der Waals surface area contributed by atoms with Crippen molar-refractivity contribution in [3.8, 4) is 11.5 Å².